The number of hydrazone groups is 1. The molecule has 0 bridgehead atoms. The van der Waals surface area contributed by atoms with Crippen LogP contribution in [-0.2, 0) is 24.7 Å². The maximum Gasteiger partial charge on any atom is 0.272 e. The molecular formula is C25H23N7O2. The Labute approximate surface area is 195 Å². The number of carbonyl (C=O) groups is 2. The lowest BCUT2D eigenvalue weighted by molar-refractivity contribution is -0.118. The topological polar surface area (TPSA) is 130 Å². The smallest absolute Gasteiger partial charge is 0.272 e. The molecule has 1 aliphatic carbocycles. The highest BCUT2D eigenvalue weighted by atomic mass is 16.2. The van der Waals surface area contributed by atoms with Crippen LogP contribution in [0.5, 0.6) is 0 Å². The molecular weight excluding hydrogens is 430 g/mol. The summed E-state index contributed by atoms with van der Waals surface area (Å²) < 4.78 is 1.71. The first-order valence-electron chi connectivity index (χ1n) is 11.1. The summed E-state index contributed by atoms with van der Waals surface area (Å²) in [6, 6.07) is 11.0. The summed E-state index contributed by atoms with van der Waals surface area (Å²) in [5.41, 5.74) is 15.5. The number of hydrogen-bond acceptors (Lipinski definition) is 5. The molecule has 34 heavy (non-hydrogen) atoms. The number of anilines is 1. The molecule has 4 aromatic rings. The van der Waals surface area contributed by atoms with Crippen LogP contribution in [-0.4, -0.2) is 38.8 Å². The van der Waals surface area contributed by atoms with E-state index in [-0.39, 0.29) is 17.7 Å². The highest BCUT2D eigenvalue weighted by Crippen LogP contribution is 2.35. The summed E-state index contributed by atoms with van der Waals surface area (Å²) in [6.45, 7) is 0. The lowest BCUT2D eigenvalue weighted by Gasteiger charge is -2.18. The Kier molecular flexibility index (Phi) is 4.59. The molecule has 2 aliphatic rings. The van der Waals surface area contributed by atoms with Crippen molar-refractivity contribution in [2.24, 2.45) is 23.8 Å². The van der Waals surface area contributed by atoms with Gasteiger partial charge in [-0.3, -0.25) is 14.3 Å². The molecule has 3 heterocycles. The van der Waals surface area contributed by atoms with E-state index < -0.39 is 6.04 Å². The molecule has 0 fully saturated rings. The second kappa shape index (κ2) is 7.67. The van der Waals surface area contributed by atoms with Crippen LogP contribution in [0.15, 0.2) is 53.9 Å². The van der Waals surface area contributed by atoms with Gasteiger partial charge in [-0.25, -0.2) is 5.43 Å². The highest BCUT2D eigenvalue weighted by molar-refractivity contribution is 6.18. The van der Waals surface area contributed by atoms with Gasteiger partial charge in [0.25, 0.3) is 5.91 Å². The van der Waals surface area contributed by atoms with E-state index in [1.165, 1.54) is 11.1 Å². The van der Waals surface area contributed by atoms with Crippen molar-refractivity contribution >= 4 is 34.6 Å². The zero-order chi connectivity index (χ0) is 23.4. The van der Waals surface area contributed by atoms with Gasteiger partial charge in [-0.15, -0.1) is 0 Å². The first-order valence-corrected chi connectivity index (χ1v) is 11.1. The van der Waals surface area contributed by atoms with E-state index in [4.69, 9.17) is 5.73 Å². The molecule has 170 valence electrons. The van der Waals surface area contributed by atoms with E-state index in [9.17, 15) is 9.59 Å². The number of carbonyl (C=O) groups excluding carboxylic acids is 2. The van der Waals surface area contributed by atoms with Crippen molar-refractivity contribution in [3.05, 3.63) is 71.0 Å². The van der Waals surface area contributed by atoms with E-state index in [1.807, 2.05) is 31.4 Å². The van der Waals surface area contributed by atoms with Gasteiger partial charge in [-0.1, -0.05) is 24.3 Å². The molecule has 2 aromatic carbocycles. The zero-order valence-electron chi connectivity index (χ0n) is 18.5. The van der Waals surface area contributed by atoms with E-state index in [0.717, 1.165) is 35.0 Å². The minimum absolute atomic E-state index is 0.0358. The third-order valence-electron chi connectivity index (χ3n) is 6.70. The Balaban J connectivity index is 1.33. The van der Waals surface area contributed by atoms with Gasteiger partial charge in [0, 0.05) is 41.0 Å². The monoisotopic (exact) mass is 453 g/mol. The molecule has 0 spiro atoms. The van der Waals surface area contributed by atoms with E-state index in [2.05, 4.69) is 38.1 Å². The van der Waals surface area contributed by atoms with Crippen LogP contribution in [0.4, 0.5) is 5.69 Å². The third kappa shape index (κ3) is 3.29. The first kappa shape index (κ1) is 20.4. The van der Waals surface area contributed by atoms with Crippen LogP contribution in [0.1, 0.15) is 27.0 Å². The van der Waals surface area contributed by atoms with E-state index >= 15 is 0 Å². The van der Waals surface area contributed by atoms with Gasteiger partial charge in [0.05, 0.1) is 29.7 Å². The number of amides is 2. The van der Waals surface area contributed by atoms with Crippen LogP contribution in [0, 0.1) is 5.92 Å². The normalized spacial score (nSPS) is 15.8. The minimum atomic E-state index is -0.662. The highest BCUT2D eigenvalue weighted by Gasteiger charge is 2.31. The fraction of sp³-hybridized carbons (Fsp3) is 0.200. The number of fused-ring (bicyclic) bond motifs is 1. The standard InChI is InChI=1S/C25H23N7O2/c1-32-12-16(10-28-32)23-19-11-27-31-24(33)18-8-17(9-20(30-23)21(18)19)29-25(34)22(26)15-6-13-4-2-3-5-14(13)7-15/h2-5,8-12,15,22,30H,6-7,26H2,1H3,(H,29,34)(H,31,33)/t22-/m1/s1. The van der Waals surface area contributed by atoms with Gasteiger partial charge in [0.1, 0.15) is 0 Å². The molecule has 0 radical (unpaired) electrons. The van der Waals surface area contributed by atoms with Crippen molar-refractivity contribution in [1.82, 2.24) is 20.2 Å². The number of nitrogens with zero attached hydrogens (tertiary/aromatic N) is 3. The second-order valence-corrected chi connectivity index (χ2v) is 8.91. The Morgan fingerprint density at radius 1 is 1.24 bits per heavy atom. The maximum absolute atomic E-state index is 13.1. The quantitative estimate of drug-likeness (QED) is 0.378. The number of aromatic nitrogens is 3. The maximum atomic E-state index is 13.1. The van der Waals surface area contributed by atoms with Gasteiger partial charge in [-0.2, -0.15) is 10.2 Å². The first-order chi connectivity index (χ1) is 16.5. The lowest BCUT2D eigenvalue weighted by Crippen LogP contribution is -2.42. The second-order valence-electron chi connectivity index (χ2n) is 8.91. The zero-order valence-corrected chi connectivity index (χ0v) is 18.5. The molecule has 0 unspecified atom stereocenters. The molecule has 0 saturated heterocycles. The van der Waals surface area contributed by atoms with Crippen LogP contribution < -0.4 is 16.5 Å². The lowest BCUT2D eigenvalue weighted by atomic mass is 9.96. The SMILES string of the molecule is Cn1cc(-c2[nH]c3cc(NC(=O)[C@H](N)C4Cc5ccccc5C4)cc4c3c2C=NNC4=O)cn1. The summed E-state index contributed by atoms with van der Waals surface area (Å²) in [5, 5.41) is 12.0. The van der Waals surface area contributed by atoms with Gasteiger partial charge >= 0.3 is 0 Å². The van der Waals surface area contributed by atoms with E-state index in [1.54, 1.807) is 23.2 Å². The molecule has 1 aliphatic heterocycles. The summed E-state index contributed by atoms with van der Waals surface area (Å²) in [4.78, 5) is 29.2. The van der Waals surface area contributed by atoms with Crippen LogP contribution >= 0.6 is 0 Å². The van der Waals surface area contributed by atoms with Gasteiger partial charge in [0.2, 0.25) is 5.91 Å². The largest absolute Gasteiger partial charge is 0.354 e. The summed E-state index contributed by atoms with van der Waals surface area (Å²) in [5.74, 6) is -0.578. The van der Waals surface area contributed by atoms with Crippen molar-refractivity contribution in [2.75, 3.05) is 5.32 Å². The number of aromatic amines is 1. The Bertz CT molecular complexity index is 1470. The Morgan fingerprint density at radius 2 is 2.00 bits per heavy atom. The summed E-state index contributed by atoms with van der Waals surface area (Å²) >= 11 is 0. The fourth-order valence-corrected chi connectivity index (χ4v) is 5.02. The molecule has 6 rings (SSSR count). The predicted octanol–water partition coefficient (Wildman–Crippen LogP) is 2.33. The Hall–Kier alpha value is -4.24. The van der Waals surface area contributed by atoms with Gasteiger partial charge in [0.15, 0.2) is 0 Å². The fourth-order valence-electron chi connectivity index (χ4n) is 5.02. The molecule has 9 nitrogen and oxygen atoms in total. The number of nitrogens with one attached hydrogen (secondary N) is 3. The molecule has 5 N–H and O–H groups in total. The van der Waals surface area contributed by atoms with Crippen molar-refractivity contribution in [2.45, 2.75) is 18.9 Å². The Morgan fingerprint density at radius 3 is 2.71 bits per heavy atom. The average Bonchev–Trinajstić information content (AvgIpc) is 3.51. The van der Waals surface area contributed by atoms with E-state index in [0.29, 0.717) is 16.8 Å². The number of benzene rings is 2. The molecule has 0 saturated carbocycles. The van der Waals surface area contributed by atoms with Crippen LogP contribution in [0.25, 0.3) is 22.2 Å². The summed E-state index contributed by atoms with van der Waals surface area (Å²) in [6.07, 6.45) is 6.82. The minimum Gasteiger partial charge on any atom is -0.354 e. The van der Waals surface area contributed by atoms with Gasteiger partial charge < -0.3 is 16.0 Å². The molecule has 9 heteroatoms. The predicted molar refractivity (Wildman–Crippen MR) is 130 cm³/mol. The molecule has 2 amide bonds. The number of rotatable bonds is 4. The van der Waals surface area contributed by atoms with Crippen LogP contribution in [0.2, 0.25) is 0 Å². The van der Waals surface area contributed by atoms with Crippen LogP contribution in [0.3, 0.4) is 0 Å². The van der Waals surface area contributed by atoms with Crippen molar-refractivity contribution in [3.63, 3.8) is 0 Å². The third-order valence-corrected chi connectivity index (χ3v) is 6.70. The average molecular weight is 454 g/mol. The molecule has 2 aromatic heterocycles. The molecule has 1 atom stereocenters. The van der Waals surface area contributed by atoms with Crippen molar-refractivity contribution in [3.8, 4) is 11.3 Å². The number of H-pyrrole nitrogens is 1. The van der Waals surface area contributed by atoms with Crippen molar-refractivity contribution in [1.29, 1.82) is 0 Å². The van der Waals surface area contributed by atoms with Crippen molar-refractivity contribution < 1.29 is 9.59 Å². The number of nitrogens with two attached hydrogens (primary N) is 1. The summed E-state index contributed by atoms with van der Waals surface area (Å²) in [7, 11) is 1.84. The number of hydrogen-bond donors (Lipinski definition) is 4. The van der Waals surface area contributed by atoms with Gasteiger partial charge in [-0.05, 0) is 42.0 Å². The number of aryl methyl sites for hydroxylation is 1.